The van der Waals surface area contributed by atoms with Crippen LogP contribution in [0.1, 0.15) is 18.1 Å². The summed E-state index contributed by atoms with van der Waals surface area (Å²) < 4.78 is 5.02. The fourth-order valence-corrected chi connectivity index (χ4v) is 1.53. The molecule has 0 radical (unpaired) electrons. The summed E-state index contributed by atoms with van der Waals surface area (Å²) in [6.07, 6.45) is 1.26. The molecule has 0 aliphatic carbocycles. The summed E-state index contributed by atoms with van der Waals surface area (Å²) in [4.78, 5) is 11.1. The molecule has 0 saturated carbocycles. The van der Waals surface area contributed by atoms with Gasteiger partial charge in [0.15, 0.2) is 0 Å². The molecule has 0 atom stereocenters. The Balaban J connectivity index is 3.15. The first-order chi connectivity index (χ1) is 7.70. The van der Waals surface area contributed by atoms with E-state index in [2.05, 4.69) is 0 Å². The van der Waals surface area contributed by atoms with Crippen LogP contribution in [0.25, 0.3) is 5.57 Å². The molecular weight excluding hydrogens is 228 g/mol. The average molecular weight is 241 g/mol. The molecular formula is C12H13ClO3. The second-order valence-electron chi connectivity index (χ2n) is 3.08. The van der Waals surface area contributed by atoms with E-state index in [0.29, 0.717) is 12.2 Å². The predicted molar refractivity (Wildman–Crippen MR) is 63.2 cm³/mol. The zero-order valence-corrected chi connectivity index (χ0v) is 9.70. The Hall–Kier alpha value is -1.48. The lowest BCUT2D eigenvalue weighted by atomic mass is 10.0. The Kier molecular flexibility index (Phi) is 4.86. The first-order valence-electron chi connectivity index (χ1n) is 4.90. The first-order valence-corrected chi connectivity index (χ1v) is 5.43. The summed E-state index contributed by atoms with van der Waals surface area (Å²) in [5.74, 6) is -0.751. The summed E-state index contributed by atoms with van der Waals surface area (Å²) in [5, 5.41) is 9.08. The molecule has 1 aromatic rings. The van der Waals surface area contributed by atoms with E-state index in [0.717, 1.165) is 5.56 Å². The van der Waals surface area contributed by atoms with Crippen LogP contribution in [-0.4, -0.2) is 17.7 Å². The third-order valence-electron chi connectivity index (χ3n) is 2.05. The highest BCUT2D eigenvalue weighted by atomic mass is 35.5. The lowest BCUT2D eigenvalue weighted by molar-refractivity contribution is -0.130. The van der Waals surface area contributed by atoms with Crippen molar-refractivity contribution < 1.29 is 14.6 Å². The molecule has 86 valence electrons. The summed E-state index contributed by atoms with van der Waals surface area (Å²) in [5.41, 5.74) is 1.49. The van der Waals surface area contributed by atoms with Gasteiger partial charge in [0.05, 0.1) is 12.9 Å². The predicted octanol–water partition coefficient (Wildman–Crippen LogP) is 2.89. The van der Waals surface area contributed by atoms with E-state index in [1.54, 1.807) is 25.1 Å². The molecule has 1 rings (SSSR count). The van der Waals surface area contributed by atoms with Gasteiger partial charge in [-0.25, -0.2) is 4.79 Å². The largest absolute Gasteiger partial charge is 0.501 e. The number of alkyl halides is 1. The number of carboxylic acid groups (broad SMARTS) is 1. The van der Waals surface area contributed by atoms with Gasteiger partial charge in [-0.15, -0.1) is 11.6 Å². The first kappa shape index (κ1) is 12.6. The molecule has 0 bridgehead atoms. The van der Waals surface area contributed by atoms with Crippen LogP contribution in [0.2, 0.25) is 0 Å². The third kappa shape index (κ3) is 3.00. The van der Waals surface area contributed by atoms with Crippen LogP contribution in [0.4, 0.5) is 0 Å². The molecule has 16 heavy (non-hydrogen) atoms. The second kappa shape index (κ2) is 6.18. The van der Waals surface area contributed by atoms with Gasteiger partial charge in [0, 0.05) is 5.88 Å². The number of hydrogen-bond donors (Lipinski definition) is 1. The number of carboxylic acids is 1. The highest BCUT2D eigenvalue weighted by Gasteiger charge is 2.14. The van der Waals surface area contributed by atoms with Crippen molar-refractivity contribution in [1.29, 1.82) is 0 Å². The maximum atomic E-state index is 11.1. The van der Waals surface area contributed by atoms with E-state index >= 15 is 0 Å². The molecule has 0 saturated heterocycles. The standard InChI is InChI=1S/C12H13ClO3/c1-2-16-8-11(12(14)15)10-6-4-3-5-9(10)7-13/h3-6,8H,2,7H2,1H3,(H,14,15). The van der Waals surface area contributed by atoms with Gasteiger partial charge in [-0.05, 0) is 18.1 Å². The normalized spacial score (nSPS) is 11.2. The van der Waals surface area contributed by atoms with E-state index in [-0.39, 0.29) is 11.5 Å². The van der Waals surface area contributed by atoms with Gasteiger partial charge in [0.2, 0.25) is 0 Å². The average Bonchev–Trinajstić information content (AvgIpc) is 2.29. The van der Waals surface area contributed by atoms with Crippen molar-refractivity contribution in [3.8, 4) is 0 Å². The fourth-order valence-electron chi connectivity index (χ4n) is 1.30. The summed E-state index contributed by atoms with van der Waals surface area (Å²) in [6.45, 7) is 2.23. The topological polar surface area (TPSA) is 46.5 Å². The van der Waals surface area contributed by atoms with Crippen LogP contribution >= 0.6 is 11.6 Å². The number of hydrogen-bond acceptors (Lipinski definition) is 2. The molecule has 0 aromatic heterocycles. The van der Waals surface area contributed by atoms with Gasteiger partial charge in [-0.2, -0.15) is 0 Å². The number of aliphatic carboxylic acids is 1. The molecule has 4 heteroatoms. The van der Waals surface area contributed by atoms with Gasteiger partial charge >= 0.3 is 5.97 Å². The van der Waals surface area contributed by atoms with Crippen molar-refractivity contribution in [3.63, 3.8) is 0 Å². The lowest BCUT2D eigenvalue weighted by Crippen LogP contribution is -2.03. The Morgan fingerprint density at radius 3 is 2.75 bits per heavy atom. The number of halogens is 1. The molecule has 0 spiro atoms. The maximum Gasteiger partial charge on any atom is 0.339 e. The Morgan fingerprint density at radius 1 is 1.50 bits per heavy atom. The number of ether oxygens (including phenoxy) is 1. The Labute approximate surface area is 99.3 Å². The van der Waals surface area contributed by atoms with E-state index in [4.69, 9.17) is 21.4 Å². The van der Waals surface area contributed by atoms with E-state index < -0.39 is 5.97 Å². The zero-order chi connectivity index (χ0) is 12.0. The zero-order valence-electron chi connectivity index (χ0n) is 8.94. The third-order valence-corrected chi connectivity index (χ3v) is 2.34. The monoisotopic (exact) mass is 240 g/mol. The van der Waals surface area contributed by atoms with E-state index in [1.165, 1.54) is 6.26 Å². The molecule has 0 aliphatic rings. The molecule has 0 heterocycles. The van der Waals surface area contributed by atoms with E-state index in [9.17, 15) is 4.79 Å². The van der Waals surface area contributed by atoms with Gasteiger partial charge in [-0.1, -0.05) is 24.3 Å². The molecule has 0 aliphatic heterocycles. The van der Waals surface area contributed by atoms with Crippen molar-refractivity contribution in [2.24, 2.45) is 0 Å². The SMILES string of the molecule is CCOC=C(C(=O)O)c1ccccc1CCl. The minimum atomic E-state index is -1.02. The Bertz CT molecular complexity index is 399. The Morgan fingerprint density at radius 2 is 2.19 bits per heavy atom. The van der Waals surface area contributed by atoms with E-state index in [1.807, 2.05) is 6.07 Å². The van der Waals surface area contributed by atoms with Gasteiger partial charge in [-0.3, -0.25) is 0 Å². The minimum Gasteiger partial charge on any atom is -0.501 e. The van der Waals surface area contributed by atoms with Crippen molar-refractivity contribution in [3.05, 3.63) is 41.7 Å². The van der Waals surface area contributed by atoms with Crippen LogP contribution in [0.5, 0.6) is 0 Å². The molecule has 0 amide bonds. The number of carbonyl (C=O) groups is 1. The van der Waals surface area contributed by atoms with Crippen molar-refractivity contribution in [1.82, 2.24) is 0 Å². The summed E-state index contributed by atoms with van der Waals surface area (Å²) in [6, 6.07) is 7.11. The fraction of sp³-hybridized carbons (Fsp3) is 0.250. The van der Waals surface area contributed by atoms with Crippen molar-refractivity contribution in [2.45, 2.75) is 12.8 Å². The van der Waals surface area contributed by atoms with Crippen LogP contribution in [0.3, 0.4) is 0 Å². The summed E-state index contributed by atoms with van der Waals surface area (Å²) >= 11 is 5.75. The smallest absolute Gasteiger partial charge is 0.339 e. The molecule has 3 nitrogen and oxygen atoms in total. The number of benzene rings is 1. The van der Waals surface area contributed by atoms with Crippen LogP contribution < -0.4 is 0 Å². The molecule has 0 fully saturated rings. The molecule has 1 N–H and O–H groups in total. The van der Waals surface area contributed by atoms with Crippen LogP contribution in [-0.2, 0) is 15.4 Å². The summed E-state index contributed by atoms with van der Waals surface area (Å²) in [7, 11) is 0. The quantitative estimate of drug-likeness (QED) is 0.489. The highest BCUT2D eigenvalue weighted by molar-refractivity contribution is 6.19. The lowest BCUT2D eigenvalue weighted by Gasteiger charge is -2.07. The maximum absolute atomic E-state index is 11.1. The molecule has 0 unspecified atom stereocenters. The number of rotatable bonds is 5. The van der Waals surface area contributed by atoms with Crippen LogP contribution in [0, 0.1) is 0 Å². The van der Waals surface area contributed by atoms with Gasteiger partial charge in [0.1, 0.15) is 5.57 Å². The highest BCUT2D eigenvalue weighted by Crippen LogP contribution is 2.21. The van der Waals surface area contributed by atoms with Gasteiger partial charge < -0.3 is 9.84 Å². The van der Waals surface area contributed by atoms with Crippen molar-refractivity contribution >= 4 is 23.1 Å². The molecule has 1 aromatic carbocycles. The van der Waals surface area contributed by atoms with Gasteiger partial charge in [0.25, 0.3) is 0 Å². The minimum absolute atomic E-state index is 0.123. The van der Waals surface area contributed by atoms with Crippen LogP contribution in [0.15, 0.2) is 30.5 Å². The second-order valence-corrected chi connectivity index (χ2v) is 3.35. The van der Waals surface area contributed by atoms with Crippen molar-refractivity contribution in [2.75, 3.05) is 6.61 Å².